The number of halogens is 1. The first-order valence-electron chi connectivity index (χ1n) is 4.30. The zero-order chi connectivity index (χ0) is 9.97. The number of hydrogen-bond acceptors (Lipinski definition) is 2. The molecule has 0 aliphatic rings. The fourth-order valence-corrected chi connectivity index (χ4v) is 1.33. The zero-order valence-corrected chi connectivity index (χ0v) is 8.28. The maximum absolute atomic E-state index is 5.78. The van der Waals surface area contributed by atoms with Gasteiger partial charge in [-0.3, -0.25) is 0 Å². The smallest absolute Gasteiger partial charge is 0.0764 e. The van der Waals surface area contributed by atoms with Gasteiger partial charge in [0.1, 0.15) is 0 Å². The van der Waals surface area contributed by atoms with Crippen molar-refractivity contribution in [2.24, 2.45) is 5.73 Å². The summed E-state index contributed by atoms with van der Waals surface area (Å²) in [7, 11) is 0. The topological polar surface area (TPSA) is 43.8 Å². The van der Waals surface area contributed by atoms with E-state index in [1.54, 1.807) is 4.68 Å². The average molecular weight is 208 g/mol. The molecule has 1 aromatic heterocycles. The Balaban J connectivity index is 2.34. The molecule has 0 spiro atoms. The monoisotopic (exact) mass is 207 g/mol. The maximum Gasteiger partial charge on any atom is 0.0764 e. The summed E-state index contributed by atoms with van der Waals surface area (Å²) < 4.78 is 1.78. The van der Waals surface area contributed by atoms with Gasteiger partial charge in [0.05, 0.1) is 11.4 Å². The molecule has 0 amide bonds. The molecule has 0 atom stereocenters. The molecule has 1 aromatic carbocycles. The van der Waals surface area contributed by atoms with Crippen LogP contribution in [0, 0.1) is 0 Å². The molecule has 0 saturated heterocycles. The van der Waals surface area contributed by atoms with E-state index >= 15 is 0 Å². The van der Waals surface area contributed by atoms with Crippen molar-refractivity contribution < 1.29 is 0 Å². The first-order chi connectivity index (χ1) is 6.79. The van der Waals surface area contributed by atoms with E-state index in [1.807, 2.05) is 36.5 Å². The van der Waals surface area contributed by atoms with Gasteiger partial charge in [0.2, 0.25) is 0 Å². The lowest BCUT2D eigenvalue weighted by Gasteiger charge is -2.00. The lowest BCUT2D eigenvalue weighted by atomic mass is 10.3. The number of benzene rings is 1. The predicted molar refractivity (Wildman–Crippen MR) is 56.5 cm³/mol. The lowest BCUT2D eigenvalue weighted by molar-refractivity contribution is 0.833. The second-order valence-electron chi connectivity index (χ2n) is 2.93. The normalized spacial score (nSPS) is 10.4. The first kappa shape index (κ1) is 9.24. The van der Waals surface area contributed by atoms with Crippen LogP contribution in [0.25, 0.3) is 5.69 Å². The molecule has 0 radical (unpaired) electrons. The molecule has 0 unspecified atom stereocenters. The van der Waals surface area contributed by atoms with Crippen LogP contribution < -0.4 is 5.73 Å². The highest BCUT2D eigenvalue weighted by molar-refractivity contribution is 6.30. The van der Waals surface area contributed by atoms with Crippen LogP contribution in [0.5, 0.6) is 0 Å². The van der Waals surface area contributed by atoms with Gasteiger partial charge in [0, 0.05) is 17.8 Å². The largest absolute Gasteiger partial charge is 0.325 e. The Morgan fingerprint density at radius 1 is 1.21 bits per heavy atom. The molecular formula is C10H10ClN3. The predicted octanol–water partition coefficient (Wildman–Crippen LogP) is 1.98. The van der Waals surface area contributed by atoms with E-state index in [0.29, 0.717) is 6.54 Å². The van der Waals surface area contributed by atoms with Crippen LogP contribution in [0.1, 0.15) is 5.69 Å². The summed E-state index contributed by atoms with van der Waals surface area (Å²) in [5.41, 5.74) is 7.32. The summed E-state index contributed by atoms with van der Waals surface area (Å²) in [6.45, 7) is 0.459. The van der Waals surface area contributed by atoms with E-state index in [0.717, 1.165) is 16.4 Å². The molecule has 2 rings (SSSR count). The van der Waals surface area contributed by atoms with Crippen molar-refractivity contribution in [1.29, 1.82) is 0 Å². The van der Waals surface area contributed by atoms with Crippen molar-refractivity contribution in [2.75, 3.05) is 0 Å². The van der Waals surface area contributed by atoms with Gasteiger partial charge >= 0.3 is 0 Å². The second-order valence-corrected chi connectivity index (χ2v) is 3.37. The van der Waals surface area contributed by atoms with Crippen LogP contribution >= 0.6 is 11.6 Å². The minimum atomic E-state index is 0.459. The molecule has 14 heavy (non-hydrogen) atoms. The van der Waals surface area contributed by atoms with Crippen LogP contribution in [-0.4, -0.2) is 9.78 Å². The quantitative estimate of drug-likeness (QED) is 0.819. The van der Waals surface area contributed by atoms with Gasteiger partial charge in [0.25, 0.3) is 0 Å². The number of nitrogens with zero attached hydrogens (tertiary/aromatic N) is 2. The molecule has 0 bridgehead atoms. The molecule has 3 nitrogen and oxygen atoms in total. The summed E-state index contributed by atoms with van der Waals surface area (Å²) in [6.07, 6.45) is 1.88. The molecule has 1 heterocycles. The summed E-state index contributed by atoms with van der Waals surface area (Å²) in [6, 6.07) is 9.39. The summed E-state index contributed by atoms with van der Waals surface area (Å²) in [5, 5.41) is 5.00. The molecule has 2 aromatic rings. The van der Waals surface area contributed by atoms with E-state index in [9.17, 15) is 0 Å². The number of hydrogen-bond donors (Lipinski definition) is 1. The van der Waals surface area contributed by atoms with Crippen molar-refractivity contribution in [3.63, 3.8) is 0 Å². The first-order valence-corrected chi connectivity index (χ1v) is 4.68. The molecule has 0 aliphatic heterocycles. The molecular weight excluding hydrogens is 198 g/mol. The lowest BCUT2D eigenvalue weighted by Crippen LogP contribution is -2.00. The standard InChI is InChI=1S/C10H10ClN3/c11-8-1-3-10(4-2-8)14-6-5-9(7-12)13-14/h1-6H,7,12H2. The van der Waals surface area contributed by atoms with Gasteiger partial charge in [-0.25, -0.2) is 4.68 Å². The summed E-state index contributed by atoms with van der Waals surface area (Å²) in [5.74, 6) is 0. The highest BCUT2D eigenvalue weighted by Crippen LogP contribution is 2.12. The van der Waals surface area contributed by atoms with Gasteiger partial charge in [-0.05, 0) is 30.3 Å². The molecule has 0 saturated carbocycles. The van der Waals surface area contributed by atoms with E-state index in [1.165, 1.54) is 0 Å². The second kappa shape index (κ2) is 3.82. The molecule has 4 heteroatoms. The molecule has 72 valence electrons. The van der Waals surface area contributed by atoms with Gasteiger partial charge in [0.15, 0.2) is 0 Å². The molecule has 2 N–H and O–H groups in total. The van der Waals surface area contributed by atoms with Crippen molar-refractivity contribution in [3.8, 4) is 5.69 Å². The minimum absolute atomic E-state index is 0.459. The van der Waals surface area contributed by atoms with Crippen LogP contribution in [0.4, 0.5) is 0 Å². The molecule has 0 aliphatic carbocycles. The van der Waals surface area contributed by atoms with Gasteiger partial charge < -0.3 is 5.73 Å². The van der Waals surface area contributed by atoms with Gasteiger partial charge in [-0.15, -0.1) is 0 Å². The van der Waals surface area contributed by atoms with Crippen molar-refractivity contribution in [2.45, 2.75) is 6.54 Å². The summed E-state index contributed by atoms with van der Waals surface area (Å²) >= 11 is 5.78. The third kappa shape index (κ3) is 1.78. The maximum atomic E-state index is 5.78. The number of nitrogens with two attached hydrogens (primary N) is 1. The van der Waals surface area contributed by atoms with E-state index in [2.05, 4.69) is 5.10 Å². The highest BCUT2D eigenvalue weighted by Gasteiger charge is 1.98. The van der Waals surface area contributed by atoms with E-state index < -0.39 is 0 Å². The Kier molecular flexibility index (Phi) is 2.52. The Morgan fingerprint density at radius 2 is 1.93 bits per heavy atom. The third-order valence-corrected chi connectivity index (χ3v) is 2.20. The fourth-order valence-electron chi connectivity index (χ4n) is 1.21. The van der Waals surface area contributed by atoms with Crippen LogP contribution in [-0.2, 0) is 6.54 Å². The van der Waals surface area contributed by atoms with Crippen molar-refractivity contribution in [3.05, 3.63) is 47.2 Å². The van der Waals surface area contributed by atoms with Crippen molar-refractivity contribution >= 4 is 11.6 Å². The van der Waals surface area contributed by atoms with Gasteiger partial charge in [-0.1, -0.05) is 11.6 Å². The Hall–Kier alpha value is -1.32. The van der Waals surface area contributed by atoms with Crippen LogP contribution in [0.2, 0.25) is 5.02 Å². The van der Waals surface area contributed by atoms with Gasteiger partial charge in [-0.2, -0.15) is 5.10 Å². The summed E-state index contributed by atoms with van der Waals surface area (Å²) in [4.78, 5) is 0. The van der Waals surface area contributed by atoms with Crippen LogP contribution in [0.15, 0.2) is 36.5 Å². The fraction of sp³-hybridized carbons (Fsp3) is 0.100. The minimum Gasteiger partial charge on any atom is -0.325 e. The van der Waals surface area contributed by atoms with Crippen molar-refractivity contribution in [1.82, 2.24) is 9.78 Å². The Bertz CT molecular complexity index is 419. The molecule has 0 fully saturated rings. The third-order valence-electron chi connectivity index (χ3n) is 1.94. The van der Waals surface area contributed by atoms with Crippen LogP contribution in [0.3, 0.4) is 0 Å². The highest BCUT2D eigenvalue weighted by atomic mass is 35.5. The number of aromatic nitrogens is 2. The number of rotatable bonds is 2. The SMILES string of the molecule is NCc1ccn(-c2ccc(Cl)cc2)n1. The Labute approximate surface area is 87.1 Å². The van der Waals surface area contributed by atoms with E-state index in [4.69, 9.17) is 17.3 Å². The average Bonchev–Trinajstić information content (AvgIpc) is 2.67. The Morgan fingerprint density at radius 3 is 2.50 bits per heavy atom. The van der Waals surface area contributed by atoms with E-state index in [-0.39, 0.29) is 0 Å². The zero-order valence-electron chi connectivity index (χ0n) is 7.52.